The molecule has 126 valence electrons. The van der Waals surface area contributed by atoms with E-state index >= 15 is 0 Å². The Labute approximate surface area is 136 Å². The number of rotatable bonds is 7. The van der Waals surface area contributed by atoms with Crippen LogP contribution in [-0.4, -0.2) is 46.0 Å². The maximum Gasteiger partial charge on any atom is 0.490 e. The van der Waals surface area contributed by atoms with Gasteiger partial charge in [-0.3, -0.25) is 4.79 Å². The molecule has 11 heteroatoms. The third-order valence-electron chi connectivity index (χ3n) is 2.80. The lowest BCUT2D eigenvalue weighted by Gasteiger charge is -2.07. The Morgan fingerprint density at radius 2 is 2.17 bits per heavy atom. The monoisotopic (exact) mass is 334 g/mol. The minimum absolute atomic E-state index is 0.246. The molecule has 1 heterocycles. The number of carbonyl (C=O) groups is 1. The molecule has 0 aliphatic carbocycles. The zero-order valence-electron chi connectivity index (χ0n) is 12.9. The standard InChI is InChI=1S/C13H14N6O5/c1-23-10-4-3-9(5-11(10)24-2)6-15-16-12(20)7-18-8-14-13(17-18)19(21)22/h3-6,8H,7H2,1-2H3,(H,16,20). The van der Waals surface area contributed by atoms with Crippen LogP contribution in [-0.2, 0) is 11.3 Å². The second-order valence-corrected chi connectivity index (χ2v) is 4.41. The van der Waals surface area contributed by atoms with Gasteiger partial charge >= 0.3 is 5.95 Å². The highest BCUT2D eigenvalue weighted by Gasteiger charge is 2.14. The van der Waals surface area contributed by atoms with Crippen LogP contribution >= 0.6 is 0 Å². The summed E-state index contributed by atoms with van der Waals surface area (Å²) in [5, 5.41) is 17.8. The van der Waals surface area contributed by atoms with Gasteiger partial charge in [0, 0.05) is 5.10 Å². The second kappa shape index (κ2) is 7.67. The molecule has 1 amide bonds. The molecular weight excluding hydrogens is 320 g/mol. The van der Waals surface area contributed by atoms with Crippen LogP contribution < -0.4 is 14.9 Å². The van der Waals surface area contributed by atoms with Crippen molar-refractivity contribution in [3.8, 4) is 11.5 Å². The first-order valence-corrected chi connectivity index (χ1v) is 6.61. The Bertz CT molecular complexity index is 772. The fourth-order valence-corrected chi connectivity index (χ4v) is 1.74. The van der Waals surface area contributed by atoms with Crippen molar-refractivity contribution in [2.24, 2.45) is 5.10 Å². The molecule has 0 aliphatic rings. The van der Waals surface area contributed by atoms with Gasteiger partial charge in [-0.05, 0) is 28.7 Å². The number of carbonyl (C=O) groups excluding carboxylic acids is 1. The molecule has 0 radical (unpaired) electrons. The number of hydrogen-bond donors (Lipinski definition) is 1. The molecule has 1 aromatic heterocycles. The highest BCUT2D eigenvalue weighted by atomic mass is 16.6. The number of amides is 1. The van der Waals surface area contributed by atoms with Gasteiger partial charge < -0.3 is 19.6 Å². The molecule has 0 fully saturated rings. The second-order valence-electron chi connectivity index (χ2n) is 4.41. The van der Waals surface area contributed by atoms with Crippen LogP contribution in [0.15, 0.2) is 29.6 Å². The van der Waals surface area contributed by atoms with Crippen LogP contribution in [0.4, 0.5) is 5.95 Å². The first kappa shape index (κ1) is 16.9. The van der Waals surface area contributed by atoms with Gasteiger partial charge in [-0.25, -0.2) is 5.43 Å². The van der Waals surface area contributed by atoms with Gasteiger partial charge in [0.2, 0.25) is 6.33 Å². The van der Waals surface area contributed by atoms with Crippen molar-refractivity contribution < 1.29 is 19.2 Å². The van der Waals surface area contributed by atoms with E-state index in [9.17, 15) is 14.9 Å². The van der Waals surface area contributed by atoms with Crippen molar-refractivity contribution in [1.29, 1.82) is 0 Å². The number of nitrogens with one attached hydrogen (secondary N) is 1. The van der Waals surface area contributed by atoms with E-state index in [1.807, 2.05) is 0 Å². The third-order valence-corrected chi connectivity index (χ3v) is 2.80. The topological polar surface area (TPSA) is 134 Å². The number of benzene rings is 1. The van der Waals surface area contributed by atoms with E-state index in [0.717, 1.165) is 11.0 Å². The predicted molar refractivity (Wildman–Crippen MR) is 82.0 cm³/mol. The summed E-state index contributed by atoms with van der Waals surface area (Å²) in [5.41, 5.74) is 2.97. The van der Waals surface area contributed by atoms with E-state index in [4.69, 9.17) is 9.47 Å². The molecule has 0 saturated heterocycles. The molecule has 2 aromatic rings. The summed E-state index contributed by atoms with van der Waals surface area (Å²) in [7, 11) is 3.04. The van der Waals surface area contributed by atoms with E-state index in [-0.39, 0.29) is 6.54 Å². The average molecular weight is 334 g/mol. The van der Waals surface area contributed by atoms with Crippen LogP contribution in [0.5, 0.6) is 11.5 Å². The molecule has 2 rings (SSSR count). The van der Waals surface area contributed by atoms with Crippen molar-refractivity contribution >= 4 is 18.1 Å². The van der Waals surface area contributed by atoms with Crippen molar-refractivity contribution in [3.63, 3.8) is 0 Å². The summed E-state index contributed by atoms with van der Waals surface area (Å²) in [6.45, 7) is -0.246. The zero-order chi connectivity index (χ0) is 17.5. The van der Waals surface area contributed by atoms with Crippen molar-refractivity contribution in [1.82, 2.24) is 20.2 Å². The predicted octanol–water partition coefficient (Wildman–Crippen LogP) is 0.354. The largest absolute Gasteiger partial charge is 0.493 e. The van der Waals surface area contributed by atoms with Crippen molar-refractivity contribution in [3.05, 3.63) is 40.2 Å². The van der Waals surface area contributed by atoms with Crippen LogP contribution in [0, 0.1) is 10.1 Å². The van der Waals surface area contributed by atoms with Gasteiger partial charge in [-0.15, -0.1) is 0 Å². The van der Waals surface area contributed by atoms with E-state index in [0.29, 0.717) is 17.1 Å². The average Bonchev–Trinajstić information content (AvgIpc) is 3.03. The fourth-order valence-electron chi connectivity index (χ4n) is 1.74. The van der Waals surface area contributed by atoms with Crippen LogP contribution in [0.1, 0.15) is 5.56 Å². The fraction of sp³-hybridized carbons (Fsp3) is 0.231. The molecule has 0 spiro atoms. The van der Waals surface area contributed by atoms with Gasteiger partial charge in [0.1, 0.15) is 6.54 Å². The molecule has 1 aromatic carbocycles. The van der Waals surface area contributed by atoms with Crippen LogP contribution in [0.25, 0.3) is 0 Å². The smallest absolute Gasteiger partial charge is 0.490 e. The van der Waals surface area contributed by atoms with Gasteiger partial charge in [0.25, 0.3) is 5.91 Å². The maximum atomic E-state index is 11.7. The molecule has 0 bridgehead atoms. The molecule has 11 nitrogen and oxygen atoms in total. The molecule has 1 N–H and O–H groups in total. The Morgan fingerprint density at radius 1 is 1.42 bits per heavy atom. The lowest BCUT2D eigenvalue weighted by atomic mass is 10.2. The SMILES string of the molecule is COc1ccc(C=NNC(=O)Cn2cnc([N+](=O)[O-])n2)cc1OC. The summed E-state index contributed by atoms with van der Waals surface area (Å²) < 4.78 is 11.3. The molecule has 0 unspecified atom stereocenters. The van der Waals surface area contributed by atoms with Crippen LogP contribution in [0.2, 0.25) is 0 Å². The number of nitrogens with zero attached hydrogens (tertiary/aromatic N) is 5. The highest BCUT2D eigenvalue weighted by molar-refractivity contribution is 5.83. The maximum absolute atomic E-state index is 11.7. The number of methoxy groups -OCH3 is 2. The molecular formula is C13H14N6O5. The summed E-state index contributed by atoms with van der Waals surface area (Å²) >= 11 is 0. The minimum Gasteiger partial charge on any atom is -0.493 e. The van der Waals surface area contributed by atoms with Crippen molar-refractivity contribution in [2.75, 3.05) is 14.2 Å². The third kappa shape index (κ3) is 4.25. The van der Waals surface area contributed by atoms with Crippen LogP contribution in [0.3, 0.4) is 0 Å². The van der Waals surface area contributed by atoms with E-state index in [1.165, 1.54) is 20.4 Å². The van der Waals surface area contributed by atoms with Gasteiger partial charge in [-0.2, -0.15) is 9.78 Å². The Hall–Kier alpha value is -3.50. The van der Waals surface area contributed by atoms with Gasteiger partial charge in [0.05, 0.1) is 20.4 Å². The van der Waals surface area contributed by atoms with Gasteiger partial charge in [-0.1, -0.05) is 4.98 Å². The quantitative estimate of drug-likeness (QED) is 0.439. The van der Waals surface area contributed by atoms with E-state index in [1.54, 1.807) is 18.2 Å². The number of ether oxygens (including phenoxy) is 2. The van der Waals surface area contributed by atoms with Crippen molar-refractivity contribution in [2.45, 2.75) is 6.54 Å². The number of hydrazone groups is 1. The highest BCUT2D eigenvalue weighted by Crippen LogP contribution is 2.26. The summed E-state index contributed by atoms with van der Waals surface area (Å²) in [6.07, 6.45) is 2.51. The normalized spacial score (nSPS) is 10.6. The Balaban J connectivity index is 1.93. The molecule has 0 saturated carbocycles. The molecule has 24 heavy (non-hydrogen) atoms. The molecule has 0 atom stereocenters. The van der Waals surface area contributed by atoms with E-state index in [2.05, 4.69) is 20.6 Å². The Morgan fingerprint density at radius 3 is 2.79 bits per heavy atom. The minimum atomic E-state index is -0.746. The molecule has 0 aliphatic heterocycles. The first-order chi connectivity index (χ1) is 11.5. The number of hydrogen-bond acceptors (Lipinski definition) is 8. The Kier molecular flexibility index (Phi) is 5.39. The first-order valence-electron chi connectivity index (χ1n) is 6.61. The lowest BCUT2D eigenvalue weighted by Crippen LogP contribution is -2.23. The van der Waals surface area contributed by atoms with Gasteiger partial charge in [0.15, 0.2) is 11.5 Å². The lowest BCUT2D eigenvalue weighted by molar-refractivity contribution is -0.394. The van der Waals surface area contributed by atoms with E-state index < -0.39 is 16.8 Å². The number of nitro groups is 1. The number of aromatic nitrogens is 3. The zero-order valence-corrected chi connectivity index (χ0v) is 12.9. The summed E-state index contributed by atoms with van der Waals surface area (Å²) in [5.74, 6) is 0.0253. The summed E-state index contributed by atoms with van der Waals surface area (Å²) in [4.78, 5) is 24.8. The summed E-state index contributed by atoms with van der Waals surface area (Å²) in [6, 6.07) is 5.13.